The lowest BCUT2D eigenvalue weighted by molar-refractivity contribution is 0.102. The summed E-state index contributed by atoms with van der Waals surface area (Å²) in [6, 6.07) is 9.74. The summed E-state index contributed by atoms with van der Waals surface area (Å²) in [5, 5.41) is 10.5. The second-order valence-electron chi connectivity index (χ2n) is 4.59. The van der Waals surface area contributed by atoms with Crippen LogP contribution in [0.25, 0.3) is 10.9 Å². The molecule has 2 aromatic carbocycles. The fourth-order valence-electron chi connectivity index (χ4n) is 2.01. The highest BCUT2D eigenvalue weighted by atomic mass is 19.1. The molecule has 0 spiro atoms. The number of fused-ring (bicyclic) bond motifs is 1. The van der Waals surface area contributed by atoms with Gasteiger partial charge in [-0.05, 0) is 48.9 Å². The number of carbonyl (C=O) groups excluding carboxylic acids is 1. The predicted molar refractivity (Wildman–Crippen MR) is 75.2 cm³/mol. The average molecular weight is 269 g/mol. The third-order valence-electron chi connectivity index (χ3n) is 3.12. The van der Waals surface area contributed by atoms with Crippen molar-refractivity contribution in [1.82, 2.24) is 10.2 Å². The van der Waals surface area contributed by atoms with Crippen LogP contribution in [-0.4, -0.2) is 16.1 Å². The Morgan fingerprint density at radius 3 is 2.90 bits per heavy atom. The van der Waals surface area contributed by atoms with E-state index < -0.39 is 0 Å². The number of aromatic nitrogens is 2. The van der Waals surface area contributed by atoms with Crippen LogP contribution in [0.1, 0.15) is 15.9 Å². The van der Waals surface area contributed by atoms with Crippen molar-refractivity contribution in [2.45, 2.75) is 6.92 Å². The van der Waals surface area contributed by atoms with E-state index in [1.54, 1.807) is 19.2 Å². The van der Waals surface area contributed by atoms with Crippen LogP contribution in [0.5, 0.6) is 0 Å². The number of rotatable bonds is 2. The van der Waals surface area contributed by atoms with E-state index in [0.29, 0.717) is 16.8 Å². The van der Waals surface area contributed by atoms with E-state index in [1.165, 1.54) is 18.2 Å². The molecule has 1 amide bonds. The van der Waals surface area contributed by atoms with Gasteiger partial charge < -0.3 is 5.32 Å². The number of aryl methyl sites for hydroxylation is 1. The minimum absolute atomic E-state index is 0.268. The summed E-state index contributed by atoms with van der Waals surface area (Å²) in [6.45, 7) is 1.63. The van der Waals surface area contributed by atoms with Crippen molar-refractivity contribution in [2.24, 2.45) is 0 Å². The molecule has 0 aliphatic carbocycles. The lowest BCUT2D eigenvalue weighted by atomic mass is 10.1. The van der Waals surface area contributed by atoms with Crippen molar-refractivity contribution in [3.05, 3.63) is 59.5 Å². The largest absolute Gasteiger partial charge is 0.322 e. The van der Waals surface area contributed by atoms with E-state index in [9.17, 15) is 9.18 Å². The van der Waals surface area contributed by atoms with Crippen molar-refractivity contribution >= 4 is 22.5 Å². The van der Waals surface area contributed by atoms with Crippen LogP contribution in [0.15, 0.2) is 42.6 Å². The molecule has 0 atom stereocenters. The van der Waals surface area contributed by atoms with Gasteiger partial charge in [-0.15, -0.1) is 0 Å². The lowest BCUT2D eigenvalue weighted by Crippen LogP contribution is -2.12. The molecule has 5 heteroatoms. The molecule has 1 heterocycles. The molecule has 3 rings (SSSR count). The maximum Gasteiger partial charge on any atom is 0.255 e. The van der Waals surface area contributed by atoms with Gasteiger partial charge in [0.25, 0.3) is 5.91 Å². The number of nitrogens with zero attached hydrogens (tertiary/aromatic N) is 1. The molecule has 0 saturated carbocycles. The number of benzene rings is 2. The number of anilines is 1. The molecule has 4 nitrogen and oxygen atoms in total. The zero-order chi connectivity index (χ0) is 14.1. The second kappa shape index (κ2) is 4.77. The van der Waals surface area contributed by atoms with E-state index in [1.807, 2.05) is 12.1 Å². The standard InChI is InChI=1S/C15H12FN3O/c1-9-6-10(2-4-13(9)16)15(20)18-12-3-5-14-11(7-12)8-17-19-14/h2-8H,1H3,(H,17,19)(H,18,20). The van der Waals surface area contributed by atoms with Crippen molar-refractivity contribution in [3.63, 3.8) is 0 Å². The Kier molecular flexibility index (Phi) is 2.95. The highest BCUT2D eigenvalue weighted by Gasteiger charge is 2.08. The molecule has 100 valence electrons. The van der Waals surface area contributed by atoms with Crippen molar-refractivity contribution in [2.75, 3.05) is 5.32 Å². The zero-order valence-electron chi connectivity index (χ0n) is 10.8. The maximum atomic E-state index is 13.2. The van der Waals surface area contributed by atoms with Crippen LogP contribution in [0, 0.1) is 12.7 Å². The smallest absolute Gasteiger partial charge is 0.255 e. The van der Waals surface area contributed by atoms with Gasteiger partial charge in [-0.2, -0.15) is 5.10 Å². The fraction of sp³-hybridized carbons (Fsp3) is 0.0667. The number of H-pyrrole nitrogens is 1. The Hall–Kier alpha value is -2.69. The minimum Gasteiger partial charge on any atom is -0.322 e. The summed E-state index contributed by atoms with van der Waals surface area (Å²) in [4.78, 5) is 12.1. The monoisotopic (exact) mass is 269 g/mol. The van der Waals surface area contributed by atoms with E-state index in [0.717, 1.165) is 10.9 Å². The lowest BCUT2D eigenvalue weighted by Gasteiger charge is -2.06. The molecule has 0 aliphatic rings. The molecule has 0 bridgehead atoms. The highest BCUT2D eigenvalue weighted by molar-refractivity contribution is 6.05. The Bertz CT molecular complexity index is 795. The predicted octanol–water partition coefficient (Wildman–Crippen LogP) is 3.26. The van der Waals surface area contributed by atoms with Crippen LogP contribution in [0.2, 0.25) is 0 Å². The molecule has 1 aromatic heterocycles. The quantitative estimate of drug-likeness (QED) is 0.750. The SMILES string of the molecule is Cc1cc(C(=O)Nc2ccc3[nH]ncc3c2)ccc1F. The van der Waals surface area contributed by atoms with Crippen molar-refractivity contribution in [1.29, 1.82) is 0 Å². The van der Waals surface area contributed by atoms with Crippen LogP contribution < -0.4 is 5.32 Å². The topological polar surface area (TPSA) is 57.8 Å². The summed E-state index contributed by atoms with van der Waals surface area (Å²) < 4.78 is 13.2. The molecule has 0 unspecified atom stereocenters. The van der Waals surface area contributed by atoms with Crippen LogP contribution in [0.4, 0.5) is 10.1 Å². The second-order valence-corrected chi connectivity index (χ2v) is 4.59. The first-order valence-electron chi connectivity index (χ1n) is 6.14. The normalized spacial score (nSPS) is 10.7. The first kappa shape index (κ1) is 12.3. The van der Waals surface area contributed by atoms with Gasteiger partial charge in [0.1, 0.15) is 5.82 Å². The number of amides is 1. The summed E-state index contributed by atoms with van der Waals surface area (Å²) in [5.74, 6) is -0.586. The van der Waals surface area contributed by atoms with Gasteiger partial charge in [-0.25, -0.2) is 4.39 Å². The summed E-state index contributed by atoms with van der Waals surface area (Å²) in [6.07, 6.45) is 1.69. The zero-order valence-corrected chi connectivity index (χ0v) is 10.8. The Morgan fingerprint density at radius 1 is 1.25 bits per heavy atom. The van der Waals surface area contributed by atoms with Crippen LogP contribution >= 0.6 is 0 Å². The van der Waals surface area contributed by atoms with Crippen molar-refractivity contribution in [3.8, 4) is 0 Å². The molecule has 0 aliphatic heterocycles. The van der Waals surface area contributed by atoms with E-state index in [4.69, 9.17) is 0 Å². The number of aromatic amines is 1. The van der Waals surface area contributed by atoms with Gasteiger partial charge in [-0.1, -0.05) is 0 Å². The van der Waals surface area contributed by atoms with E-state index in [2.05, 4.69) is 15.5 Å². The summed E-state index contributed by atoms with van der Waals surface area (Å²) >= 11 is 0. The number of hydrogen-bond donors (Lipinski definition) is 2. The minimum atomic E-state index is -0.318. The van der Waals surface area contributed by atoms with Gasteiger partial charge in [0.15, 0.2) is 0 Å². The van der Waals surface area contributed by atoms with E-state index in [-0.39, 0.29) is 11.7 Å². The maximum absolute atomic E-state index is 13.2. The van der Waals surface area contributed by atoms with Gasteiger partial charge in [0.2, 0.25) is 0 Å². The third-order valence-corrected chi connectivity index (χ3v) is 3.12. The molecule has 2 N–H and O–H groups in total. The molecule has 0 saturated heterocycles. The highest BCUT2D eigenvalue weighted by Crippen LogP contribution is 2.18. The van der Waals surface area contributed by atoms with Gasteiger partial charge in [0.05, 0.1) is 11.7 Å². The Morgan fingerprint density at radius 2 is 2.10 bits per heavy atom. The Labute approximate surface area is 114 Å². The molecule has 0 fully saturated rings. The molecule has 3 aromatic rings. The fourth-order valence-corrected chi connectivity index (χ4v) is 2.01. The first-order valence-corrected chi connectivity index (χ1v) is 6.14. The van der Waals surface area contributed by atoms with Crippen LogP contribution in [-0.2, 0) is 0 Å². The average Bonchev–Trinajstić information content (AvgIpc) is 2.89. The molecular formula is C15H12FN3O. The van der Waals surface area contributed by atoms with E-state index >= 15 is 0 Å². The van der Waals surface area contributed by atoms with Gasteiger partial charge >= 0.3 is 0 Å². The Balaban J connectivity index is 1.85. The number of halogens is 1. The summed E-state index contributed by atoms with van der Waals surface area (Å²) in [5.41, 5.74) is 2.45. The van der Waals surface area contributed by atoms with Crippen molar-refractivity contribution < 1.29 is 9.18 Å². The number of hydrogen-bond acceptors (Lipinski definition) is 2. The molecule has 20 heavy (non-hydrogen) atoms. The first-order chi connectivity index (χ1) is 9.63. The number of carbonyl (C=O) groups is 1. The number of nitrogens with one attached hydrogen (secondary N) is 2. The molecular weight excluding hydrogens is 257 g/mol. The van der Waals surface area contributed by atoms with Crippen LogP contribution in [0.3, 0.4) is 0 Å². The van der Waals surface area contributed by atoms with Gasteiger partial charge in [0, 0.05) is 16.6 Å². The third kappa shape index (κ3) is 2.25. The summed E-state index contributed by atoms with van der Waals surface area (Å²) in [7, 11) is 0. The molecule has 0 radical (unpaired) electrons. The van der Waals surface area contributed by atoms with Gasteiger partial charge in [-0.3, -0.25) is 9.89 Å².